The Morgan fingerprint density at radius 1 is 1.28 bits per heavy atom. The maximum absolute atomic E-state index is 12.3. The molecule has 25 heavy (non-hydrogen) atoms. The number of hydrogen-bond acceptors (Lipinski definition) is 4. The van der Waals surface area contributed by atoms with Crippen molar-refractivity contribution in [3.05, 3.63) is 58.1 Å². The molecule has 2 rings (SSSR count). The maximum atomic E-state index is 12.3. The fourth-order valence-corrected chi connectivity index (χ4v) is 2.61. The molecule has 0 aromatic heterocycles. The molecule has 0 heterocycles. The maximum Gasteiger partial charge on any atom is 0.262 e. The van der Waals surface area contributed by atoms with Gasteiger partial charge in [-0.2, -0.15) is 5.10 Å². The number of hydrazone groups is 1. The van der Waals surface area contributed by atoms with Crippen molar-refractivity contribution in [2.24, 2.45) is 5.10 Å². The minimum absolute atomic E-state index is 0.255. The van der Waals surface area contributed by atoms with Gasteiger partial charge in [0, 0.05) is 10.6 Å². The van der Waals surface area contributed by atoms with E-state index in [1.165, 1.54) is 6.21 Å². The van der Waals surface area contributed by atoms with E-state index >= 15 is 0 Å². The van der Waals surface area contributed by atoms with Crippen LogP contribution in [0.25, 0.3) is 0 Å². The normalized spacial score (nSPS) is 12.0. The van der Waals surface area contributed by atoms with Crippen LogP contribution in [0.2, 0.25) is 10.0 Å². The zero-order valence-corrected chi connectivity index (χ0v) is 15.4. The first-order valence-electron chi connectivity index (χ1n) is 7.72. The van der Waals surface area contributed by atoms with Crippen LogP contribution >= 0.6 is 23.2 Å². The topological polar surface area (TPSA) is 62.7 Å². The third-order valence-corrected chi connectivity index (χ3v) is 4.06. The van der Waals surface area contributed by atoms with Gasteiger partial charge in [-0.15, -0.1) is 0 Å². The number of para-hydroxylation sites is 2. The number of nitrogens with one attached hydrogen (secondary N) is 2. The average Bonchev–Trinajstić information content (AvgIpc) is 2.61. The summed E-state index contributed by atoms with van der Waals surface area (Å²) in [5, 5.41) is 8.13. The van der Waals surface area contributed by atoms with Crippen LogP contribution in [0.15, 0.2) is 47.6 Å². The Hall–Kier alpha value is -2.24. The van der Waals surface area contributed by atoms with Gasteiger partial charge in [0.25, 0.3) is 5.91 Å². The summed E-state index contributed by atoms with van der Waals surface area (Å²) in [5.74, 6) is 0.417. The summed E-state index contributed by atoms with van der Waals surface area (Å²) in [7, 11) is 1.59. The molecule has 1 atom stereocenters. The lowest BCUT2D eigenvalue weighted by Gasteiger charge is -2.18. The van der Waals surface area contributed by atoms with Crippen LogP contribution in [-0.2, 0) is 4.79 Å². The van der Waals surface area contributed by atoms with Crippen molar-refractivity contribution in [3.8, 4) is 5.75 Å². The molecule has 0 saturated heterocycles. The summed E-state index contributed by atoms with van der Waals surface area (Å²) in [6.07, 6.45) is 2.06. The molecule has 0 bridgehead atoms. The van der Waals surface area contributed by atoms with Crippen LogP contribution in [0.4, 0.5) is 5.69 Å². The predicted molar refractivity (Wildman–Crippen MR) is 103 cm³/mol. The lowest BCUT2D eigenvalue weighted by atomic mass is 10.2. The number of benzene rings is 2. The Labute approximate surface area is 157 Å². The number of ether oxygens (including phenoxy) is 1. The molecule has 5 nitrogen and oxygen atoms in total. The Morgan fingerprint density at radius 3 is 2.72 bits per heavy atom. The highest BCUT2D eigenvalue weighted by Gasteiger charge is 2.17. The van der Waals surface area contributed by atoms with E-state index in [1.54, 1.807) is 25.3 Å². The molecule has 0 aliphatic carbocycles. The van der Waals surface area contributed by atoms with Crippen molar-refractivity contribution in [2.45, 2.75) is 19.4 Å². The number of carbonyl (C=O) groups excluding carboxylic acids is 1. The number of halogens is 2. The summed E-state index contributed by atoms with van der Waals surface area (Å²) in [6.45, 7) is 1.91. The molecule has 7 heteroatoms. The smallest absolute Gasteiger partial charge is 0.262 e. The number of hydrogen-bond donors (Lipinski definition) is 2. The highest BCUT2D eigenvalue weighted by molar-refractivity contribution is 6.36. The first-order valence-corrected chi connectivity index (χ1v) is 8.48. The Balaban J connectivity index is 2.01. The van der Waals surface area contributed by atoms with Crippen molar-refractivity contribution in [1.82, 2.24) is 5.43 Å². The summed E-state index contributed by atoms with van der Waals surface area (Å²) < 4.78 is 5.28. The molecular formula is C18H19Cl2N3O2. The van der Waals surface area contributed by atoms with E-state index in [0.29, 0.717) is 27.8 Å². The van der Waals surface area contributed by atoms with Crippen molar-refractivity contribution < 1.29 is 9.53 Å². The van der Waals surface area contributed by atoms with Crippen LogP contribution in [0, 0.1) is 0 Å². The monoisotopic (exact) mass is 379 g/mol. The van der Waals surface area contributed by atoms with Crippen molar-refractivity contribution in [1.29, 1.82) is 0 Å². The van der Waals surface area contributed by atoms with Gasteiger partial charge in [-0.05, 0) is 30.7 Å². The highest BCUT2D eigenvalue weighted by atomic mass is 35.5. The number of methoxy groups -OCH3 is 1. The van der Waals surface area contributed by atoms with Gasteiger partial charge in [0.1, 0.15) is 11.8 Å². The number of anilines is 1. The quantitative estimate of drug-likeness (QED) is 0.555. The molecule has 1 amide bonds. The first kappa shape index (κ1) is 19.1. The van der Waals surface area contributed by atoms with Gasteiger partial charge in [-0.25, -0.2) is 5.43 Å². The molecule has 0 aliphatic heterocycles. The van der Waals surface area contributed by atoms with Gasteiger partial charge in [-0.1, -0.05) is 48.3 Å². The van der Waals surface area contributed by atoms with E-state index in [-0.39, 0.29) is 5.91 Å². The lowest BCUT2D eigenvalue weighted by molar-refractivity contribution is -0.121. The third kappa shape index (κ3) is 5.37. The summed E-state index contributed by atoms with van der Waals surface area (Å²) in [5.41, 5.74) is 3.93. The van der Waals surface area contributed by atoms with Crippen LogP contribution < -0.4 is 15.5 Å². The molecule has 0 unspecified atom stereocenters. The number of amides is 1. The van der Waals surface area contributed by atoms with E-state index in [0.717, 1.165) is 5.69 Å². The minimum Gasteiger partial charge on any atom is -0.495 e. The molecular weight excluding hydrogens is 361 g/mol. The van der Waals surface area contributed by atoms with Gasteiger partial charge in [0.05, 0.1) is 24.0 Å². The zero-order chi connectivity index (χ0) is 18.2. The van der Waals surface area contributed by atoms with E-state index in [1.807, 2.05) is 31.2 Å². The van der Waals surface area contributed by atoms with E-state index in [2.05, 4.69) is 15.8 Å². The summed E-state index contributed by atoms with van der Waals surface area (Å²) >= 11 is 11.9. The number of carbonyl (C=O) groups is 1. The Bertz CT molecular complexity index is 766. The number of nitrogens with zero attached hydrogens (tertiary/aromatic N) is 1. The number of rotatable bonds is 7. The Morgan fingerprint density at radius 2 is 2.04 bits per heavy atom. The summed E-state index contributed by atoms with van der Waals surface area (Å²) in [4.78, 5) is 12.3. The fraction of sp³-hybridized carbons (Fsp3) is 0.222. The Kier molecular flexibility index (Phi) is 7.10. The first-order chi connectivity index (χ1) is 12.0. The zero-order valence-electron chi connectivity index (χ0n) is 13.9. The van der Waals surface area contributed by atoms with E-state index < -0.39 is 6.04 Å². The standard InChI is InChI=1S/C18H19Cl2N3O2/c1-3-15(22-16-6-4-5-7-17(16)25-2)18(24)23-21-11-12-8-9-13(19)10-14(12)20/h4-11,15,22H,3H2,1-2H3,(H,23,24)/t15-/m1/s1. The van der Waals surface area contributed by atoms with E-state index in [4.69, 9.17) is 27.9 Å². The highest BCUT2D eigenvalue weighted by Crippen LogP contribution is 2.24. The fourth-order valence-electron chi connectivity index (χ4n) is 2.15. The van der Waals surface area contributed by atoms with Gasteiger partial charge in [0.15, 0.2) is 0 Å². The molecule has 0 saturated carbocycles. The van der Waals surface area contributed by atoms with Crippen molar-refractivity contribution >= 4 is 41.0 Å². The second-order valence-electron chi connectivity index (χ2n) is 5.21. The molecule has 132 valence electrons. The summed E-state index contributed by atoms with van der Waals surface area (Å²) in [6, 6.07) is 12.0. The second-order valence-corrected chi connectivity index (χ2v) is 6.05. The third-order valence-electron chi connectivity index (χ3n) is 3.50. The molecule has 0 spiro atoms. The molecule has 2 N–H and O–H groups in total. The second kappa shape index (κ2) is 9.30. The molecule has 2 aromatic rings. The van der Waals surface area contributed by atoms with E-state index in [9.17, 15) is 4.79 Å². The van der Waals surface area contributed by atoms with Crippen LogP contribution in [0.1, 0.15) is 18.9 Å². The van der Waals surface area contributed by atoms with Gasteiger partial charge in [-0.3, -0.25) is 4.79 Å². The van der Waals surface area contributed by atoms with Crippen LogP contribution in [-0.4, -0.2) is 25.3 Å². The van der Waals surface area contributed by atoms with Crippen LogP contribution in [0.3, 0.4) is 0 Å². The van der Waals surface area contributed by atoms with Gasteiger partial charge < -0.3 is 10.1 Å². The van der Waals surface area contributed by atoms with Crippen molar-refractivity contribution in [3.63, 3.8) is 0 Å². The largest absolute Gasteiger partial charge is 0.495 e. The van der Waals surface area contributed by atoms with Gasteiger partial charge >= 0.3 is 0 Å². The minimum atomic E-state index is -0.450. The molecule has 0 fully saturated rings. The van der Waals surface area contributed by atoms with Crippen LogP contribution in [0.5, 0.6) is 5.75 Å². The van der Waals surface area contributed by atoms with Gasteiger partial charge in [0.2, 0.25) is 0 Å². The molecule has 2 aromatic carbocycles. The lowest BCUT2D eigenvalue weighted by Crippen LogP contribution is -2.37. The van der Waals surface area contributed by atoms with Crippen molar-refractivity contribution in [2.75, 3.05) is 12.4 Å². The average molecular weight is 380 g/mol. The molecule has 0 radical (unpaired) electrons. The molecule has 0 aliphatic rings. The SMILES string of the molecule is CC[C@@H](Nc1ccccc1OC)C(=O)NN=Cc1ccc(Cl)cc1Cl. The predicted octanol–water partition coefficient (Wildman–Crippen LogP) is 4.34.